The first-order valence-electron chi connectivity index (χ1n) is 9.19. The van der Waals surface area contributed by atoms with E-state index in [1.165, 1.54) is 0 Å². The van der Waals surface area contributed by atoms with Gasteiger partial charge in [0.25, 0.3) is 5.56 Å². The number of hydrogen-bond donors (Lipinski definition) is 2. The second kappa shape index (κ2) is 8.93. The molecule has 0 saturated heterocycles. The minimum atomic E-state index is -0.180. The minimum Gasteiger partial charge on any atom is -0.495 e. The normalized spacial score (nSPS) is 12.0. The molecule has 0 fully saturated rings. The Morgan fingerprint density at radius 2 is 1.96 bits per heavy atom. The van der Waals surface area contributed by atoms with Gasteiger partial charge in [-0.25, -0.2) is 0 Å². The Balaban J connectivity index is 1.63. The molecular formula is C22H23ClN2O3. The number of aromatic amines is 1. The minimum absolute atomic E-state index is 0.0190. The summed E-state index contributed by atoms with van der Waals surface area (Å²) in [6, 6.07) is 15.2. The maximum Gasteiger partial charge on any atom is 0.251 e. The molecule has 0 aliphatic rings. The number of halogens is 1. The maximum atomic E-state index is 12.3. The van der Waals surface area contributed by atoms with Gasteiger partial charge < -0.3 is 15.0 Å². The smallest absolute Gasteiger partial charge is 0.251 e. The Morgan fingerprint density at radius 1 is 1.21 bits per heavy atom. The fourth-order valence-corrected chi connectivity index (χ4v) is 3.39. The van der Waals surface area contributed by atoms with Gasteiger partial charge in [0.05, 0.1) is 17.6 Å². The molecule has 146 valence electrons. The average Bonchev–Trinajstić information content (AvgIpc) is 2.68. The van der Waals surface area contributed by atoms with E-state index in [-0.39, 0.29) is 17.4 Å². The molecule has 0 bridgehead atoms. The van der Waals surface area contributed by atoms with Crippen LogP contribution in [0.1, 0.15) is 18.1 Å². The summed E-state index contributed by atoms with van der Waals surface area (Å²) in [4.78, 5) is 27.5. The van der Waals surface area contributed by atoms with Crippen molar-refractivity contribution in [3.63, 3.8) is 0 Å². The Labute approximate surface area is 168 Å². The zero-order valence-electron chi connectivity index (χ0n) is 15.9. The fraction of sp³-hybridized carbons (Fsp3) is 0.273. The lowest BCUT2D eigenvalue weighted by atomic mass is 10.0. The molecule has 3 rings (SSSR count). The van der Waals surface area contributed by atoms with Gasteiger partial charge in [0, 0.05) is 23.4 Å². The first-order valence-corrected chi connectivity index (χ1v) is 9.57. The SMILES string of the molecule is COc1cc2cc(CCNC(=O)C(C)Cc3ccccc3)c(=O)[nH]c2cc1Cl. The number of carbonyl (C=O) groups excluding carboxylic acids is 1. The molecule has 1 aromatic heterocycles. The number of aromatic nitrogens is 1. The summed E-state index contributed by atoms with van der Waals surface area (Å²) in [7, 11) is 1.55. The molecule has 0 radical (unpaired) electrons. The monoisotopic (exact) mass is 398 g/mol. The summed E-state index contributed by atoms with van der Waals surface area (Å²) < 4.78 is 5.23. The van der Waals surface area contributed by atoms with Gasteiger partial charge in [-0.05, 0) is 36.6 Å². The molecule has 0 spiro atoms. The summed E-state index contributed by atoms with van der Waals surface area (Å²) in [5.74, 6) is 0.397. The number of amides is 1. The number of fused-ring (bicyclic) bond motifs is 1. The first kappa shape index (κ1) is 20.0. The number of pyridine rings is 1. The van der Waals surface area contributed by atoms with Crippen LogP contribution < -0.4 is 15.6 Å². The number of methoxy groups -OCH3 is 1. The van der Waals surface area contributed by atoms with E-state index in [0.29, 0.717) is 41.2 Å². The maximum absolute atomic E-state index is 12.3. The largest absolute Gasteiger partial charge is 0.495 e. The van der Waals surface area contributed by atoms with Gasteiger partial charge in [-0.3, -0.25) is 9.59 Å². The molecular weight excluding hydrogens is 376 g/mol. The molecule has 1 unspecified atom stereocenters. The number of nitrogens with one attached hydrogen (secondary N) is 2. The van der Waals surface area contributed by atoms with Crippen molar-refractivity contribution < 1.29 is 9.53 Å². The molecule has 1 amide bonds. The van der Waals surface area contributed by atoms with Crippen LogP contribution in [0.2, 0.25) is 5.02 Å². The highest BCUT2D eigenvalue weighted by atomic mass is 35.5. The van der Waals surface area contributed by atoms with Gasteiger partial charge in [-0.2, -0.15) is 0 Å². The van der Waals surface area contributed by atoms with Crippen LogP contribution in [0.15, 0.2) is 53.3 Å². The van der Waals surface area contributed by atoms with Crippen molar-refractivity contribution in [3.8, 4) is 5.75 Å². The van der Waals surface area contributed by atoms with Crippen LogP contribution in [-0.4, -0.2) is 24.5 Å². The van der Waals surface area contributed by atoms with Crippen molar-refractivity contribution in [3.05, 3.63) is 75.0 Å². The second-order valence-corrected chi connectivity index (χ2v) is 7.24. The van der Waals surface area contributed by atoms with Gasteiger partial charge in [-0.1, -0.05) is 48.9 Å². The zero-order chi connectivity index (χ0) is 20.1. The highest BCUT2D eigenvalue weighted by molar-refractivity contribution is 6.32. The Bertz CT molecular complexity index is 1030. The number of rotatable bonds is 7. The summed E-state index contributed by atoms with van der Waals surface area (Å²) in [6.45, 7) is 2.30. The van der Waals surface area contributed by atoms with Crippen molar-refractivity contribution in [1.29, 1.82) is 0 Å². The number of carbonyl (C=O) groups is 1. The molecule has 0 aliphatic carbocycles. The molecule has 1 heterocycles. The van der Waals surface area contributed by atoms with Crippen LogP contribution in [0, 0.1) is 5.92 Å². The molecule has 0 aliphatic heterocycles. The van der Waals surface area contributed by atoms with E-state index in [4.69, 9.17) is 16.3 Å². The Kier molecular flexibility index (Phi) is 6.37. The quantitative estimate of drug-likeness (QED) is 0.637. The molecule has 3 aromatic rings. The summed E-state index contributed by atoms with van der Waals surface area (Å²) >= 11 is 6.11. The van der Waals surface area contributed by atoms with E-state index >= 15 is 0 Å². The van der Waals surface area contributed by atoms with Crippen LogP contribution >= 0.6 is 11.6 Å². The number of hydrogen-bond acceptors (Lipinski definition) is 3. The third-order valence-electron chi connectivity index (χ3n) is 4.72. The first-order chi connectivity index (χ1) is 13.5. The molecule has 0 saturated carbocycles. The van der Waals surface area contributed by atoms with Gasteiger partial charge in [0.2, 0.25) is 5.91 Å². The fourth-order valence-electron chi connectivity index (χ4n) is 3.15. The van der Waals surface area contributed by atoms with Crippen LogP contribution in [0.3, 0.4) is 0 Å². The Hall–Kier alpha value is -2.79. The van der Waals surface area contributed by atoms with E-state index in [1.54, 1.807) is 19.2 Å². The lowest BCUT2D eigenvalue weighted by Crippen LogP contribution is -2.32. The van der Waals surface area contributed by atoms with E-state index in [1.807, 2.05) is 43.3 Å². The van der Waals surface area contributed by atoms with Crippen molar-refractivity contribution in [1.82, 2.24) is 10.3 Å². The van der Waals surface area contributed by atoms with Gasteiger partial charge in [0.15, 0.2) is 0 Å². The zero-order valence-corrected chi connectivity index (χ0v) is 16.7. The van der Waals surface area contributed by atoms with Crippen molar-refractivity contribution in [2.45, 2.75) is 19.8 Å². The third kappa shape index (κ3) is 4.73. The topological polar surface area (TPSA) is 71.2 Å². The van der Waals surface area contributed by atoms with Crippen LogP contribution in [0.5, 0.6) is 5.75 Å². The van der Waals surface area contributed by atoms with Crippen LogP contribution in [0.4, 0.5) is 0 Å². The molecule has 5 nitrogen and oxygen atoms in total. The predicted octanol–water partition coefficient (Wildman–Crippen LogP) is 3.73. The molecule has 1 atom stereocenters. The highest BCUT2D eigenvalue weighted by Gasteiger charge is 2.13. The van der Waals surface area contributed by atoms with Crippen LogP contribution in [0.25, 0.3) is 10.9 Å². The van der Waals surface area contributed by atoms with E-state index in [9.17, 15) is 9.59 Å². The molecule has 28 heavy (non-hydrogen) atoms. The number of benzene rings is 2. The molecule has 6 heteroatoms. The average molecular weight is 399 g/mol. The van der Waals surface area contributed by atoms with Crippen molar-refractivity contribution in [2.75, 3.05) is 13.7 Å². The van der Waals surface area contributed by atoms with Crippen molar-refractivity contribution >= 4 is 28.4 Å². The standard InChI is InChI=1S/C22H23ClN2O3/c1-14(10-15-6-4-3-5-7-15)21(26)24-9-8-16-11-17-12-20(28-2)18(23)13-19(17)25-22(16)27/h3-7,11-14H,8-10H2,1-2H3,(H,24,26)(H,25,27). The lowest BCUT2D eigenvalue weighted by Gasteiger charge is -2.12. The van der Waals surface area contributed by atoms with Gasteiger partial charge >= 0.3 is 0 Å². The summed E-state index contributed by atoms with van der Waals surface area (Å²) in [5, 5.41) is 4.20. The van der Waals surface area contributed by atoms with E-state index in [0.717, 1.165) is 10.9 Å². The highest BCUT2D eigenvalue weighted by Crippen LogP contribution is 2.28. The van der Waals surface area contributed by atoms with Gasteiger partial charge in [0.1, 0.15) is 5.75 Å². The van der Waals surface area contributed by atoms with E-state index in [2.05, 4.69) is 10.3 Å². The van der Waals surface area contributed by atoms with Crippen molar-refractivity contribution in [2.24, 2.45) is 5.92 Å². The number of H-pyrrole nitrogens is 1. The number of ether oxygens (including phenoxy) is 1. The van der Waals surface area contributed by atoms with Gasteiger partial charge in [-0.15, -0.1) is 0 Å². The summed E-state index contributed by atoms with van der Waals surface area (Å²) in [6.07, 6.45) is 1.13. The Morgan fingerprint density at radius 3 is 2.68 bits per heavy atom. The molecule has 2 aromatic carbocycles. The second-order valence-electron chi connectivity index (χ2n) is 6.83. The van der Waals surface area contributed by atoms with Crippen LogP contribution in [-0.2, 0) is 17.6 Å². The van der Waals surface area contributed by atoms with E-state index < -0.39 is 0 Å². The third-order valence-corrected chi connectivity index (χ3v) is 5.01. The summed E-state index contributed by atoms with van der Waals surface area (Å²) in [5.41, 5.74) is 2.21. The lowest BCUT2D eigenvalue weighted by molar-refractivity contribution is -0.124. The predicted molar refractivity (Wildman–Crippen MR) is 112 cm³/mol. The molecule has 2 N–H and O–H groups in total.